The van der Waals surface area contributed by atoms with Crippen molar-refractivity contribution >= 4 is 53.1 Å². The molecule has 0 radical (unpaired) electrons. The lowest BCUT2D eigenvalue weighted by molar-refractivity contribution is 0.0929. The van der Waals surface area contributed by atoms with Crippen LogP contribution in [0.2, 0.25) is 5.02 Å². The second kappa shape index (κ2) is 10.8. The van der Waals surface area contributed by atoms with Crippen LogP contribution in [0, 0.1) is 6.92 Å². The summed E-state index contributed by atoms with van der Waals surface area (Å²) in [5, 5.41) is 13.9. The topological polar surface area (TPSA) is 108 Å². The third-order valence-corrected chi connectivity index (χ3v) is 7.72. The van der Waals surface area contributed by atoms with Crippen LogP contribution in [0.4, 0.5) is 23.1 Å². The Morgan fingerprint density at radius 2 is 1.83 bits per heavy atom. The van der Waals surface area contributed by atoms with Gasteiger partial charge in [-0.15, -0.1) is 0 Å². The van der Waals surface area contributed by atoms with Crippen molar-refractivity contribution in [3.05, 3.63) is 64.8 Å². The van der Waals surface area contributed by atoms with Gasteiger partial charge in [-0.3, -0.25) is 4.79 Å². The first-order valence-corrected chi connectivity index (χ1v) is 14.5. The molecule has 184 valence electrons. The molecule has 4 rings (SSSR count). The lowest BCUT2D eigenvalue weighted by Crippen LogP contribution is -2.42. The number of carbonyl (C=O) groups excluding carboxylic acids is 1. The highest BCUT2D eigenvalue weighted by atomic mass is 35.5. The number of halogens is 1. The minimum Gasteiger partial charge on any atom is -0.349 e. The van der Waals surface area contributed by atoms with E-state index >= 15 is 0 Å². The van der Waals surface area contributed by atoms with Gasteiger partial charge in [0, 0.05) is 22.6 Å². The van der Waals surface area contributed by atoms with Crippen LogP contribution < -0.4 is 26.6 Å². The Kier molecular flexibility index (Phi) is 7.75. The van der Waals surface area contributed by atoms with Crippen molar-refractivity contribution < 1.29 is 9.36 Å². The highest BCUT2D eigenvalue weighted by Crippen LogP contribution is 2.38. The number of aryl methyl sites for hydroxylation is 1. The van der Waals surface area contributed by atoms with Crippen molar-refractivity contribution in [3.8, 4) is 0 Å². The molecule has 1 fully saturated rings. The van der Waals surface area contributed by atoms with E-state index in [9.17, 15) is 9.36 Å². The van der Waals surface area contributed by atoms with Gasteiger partial charge < -0.3 is 25.8 Å². The average molecular weight is 513 g/mol. The molecule has 1 aliphatic rings. The highest BCUT2D eigenvalue weighted by molar-refractivity contribution is 7.70. The molecule has 0 unspecified atom stereocenters. The summed E-state index contributed by atoms with van der Waals surface area (Å²) in [6.45, 7) is 7.22. The molecule has 0 spiro atoms. The zero-order chi connectivity index (χ0) is 25.0. The molecule has 0 bridgehead atoms. The van der Waals surface area contributed by atoms with Gasteiger partial charge in [-0.1, -0.05) is 23.7 Å². The van der Waals surface area contributed by atoms with Crippen molar-refractivity contribution in [2.24, 2.45) is 0 Å². The number of benzene rings is 2. The molecule has 3 aromatic rings. The maximum Gasteiger partial charge on any atom is 0.251 e. The SMILES string of the molecule is Cc1cc(C(=O)NC2CCNCC2)ccc1Nc1ncc(Cl)c(Nc2ccccc2P(C)(C)=O)n1. The normalized spacial score (nSPS) is 14.4. The van der Waals surface area contributed by atoms with Crippen LogP contribution >= 0.6 is 18.7 Å². The van der Waals surface area contributed by atoms with Gasteiger partial charge in [0.25, 0.3) is 5.91 Å². The van der Waals surface area contributed by atoms with E-state index in [0.29, 0.717) is 28.0 Å². The first kappa shape index (κ1) is 25.2. The fourth-order valence-corrected chi connectivity index (χ4v) is 5.29. The predicted octanol–water partition coefficient (Wildman–Crippen LogP) is 4.66. The van der Waals surface area contributed by atoms with Gasteiger partial charge in [0.1, 0.15) is 12.2 Å². The Morgan fingerprint density at radius 1 is 1.09 bits per heavy atom. The number of hydrogen-bond donors (Lipinski definition) is 4. The van der Waals surface area contributed by atoms with Crippen molar-refractivity contribution in [2.75, 3.05) is 37.1 Å². The van der Waals surface area contributed by atoms with Gasteiger partial charge in [0.2, 0.25) is 5.95 Å². The van der Waals surface area contributed by atoms with Crippen molar-refractivity contribution in [1.29, 1.82) is 0 Å². The average Bonchev–Trinajstić information content (AvgIpc) is 2.83. The molecule has 0 saturated carbocycles. The van der Waals surface area contributed by atoms with E-state index in [1.165, 1.54) is 6.20 Å². The Hall–Kier alpha value is -2.93. The molecule has 0 atom stereocenters. The van der Waals surface area contributed by atoms with Crippen LogP contribution in [0.5, 0.6) is 0 Å². The fourth-order valence-electron chi connectivity index (χ4n) is 3.99. The molecule has 10 heteroatoms. The molecule has 1 aliphatic heterocycles. The molecule has 2 heterocycles. The van der Waals surface area contributed by atoms with Crippen LogP contribution in [0.1, 0.15) is 28.8 Å². The first-order valence-electron chi connectivity index (χ1n) is 11.5. The summed E-state index contributed by atoms with van der Waals surface area (Å²) < 4.78 is 12.7. The highest BCUT2D eigenvalue weighted by Gasteiger charge is 2.18. The number of anilines is 4. The number of aromatic nitrogens is 2. The third kappa shape index (κ3) is 6.40. The van der Waals surface area contributed by atoms with Crippen LogP contribution in [0.15, 0.2) is 48.7 Å². The van der Waals surface area contributed by atoms with Crippen LogP contribution in [0.3, 0.4) is 0 Å². The zero-order valence-electron chi connectivity index (χ0n) is 20.1. The Balaban J connectivity index is 1.50. The molecule has 1 saturated heterocycles. The Labute approximate surface area is 210 Å². The van der Waals surface area contributed by atoms with Gasteiger partial charge in [0.05, 0.1) is 11.9 Å². The molecule has 1 aromatic heterocycles. The van der Waals surface area contributed by atoms with E-state index < -0.39 is 7.14 Å². The van der Waals surface area contributed by atoms with E-state index in [1.807, 2.05) is 43.3 Å². The summed E-state index contributed by atoms with van der Waals surface area (Å²) in [5.41, 5.74) is 2.97. The van der Waals surface area contributed by atoms with Crippen molar-refractivity contribution in [1.82, 2.24) is 20.6 Å². The van der Waals surface area contributed by atoms with Crippen molar-refractivity contribution in [3.63, 3.8) is 0 Å². The number of amides is 1. The molecule has 2 aromatic carbocycles. The maximum absolute atomic E-state index is 12.7. The van der Waals surface area contributed by atoms with Crippen LogP contribution in [0.25, 0.3) is 0 Å². The summed E-state index contributed by atoms with van der Waals surface area (Å²) in [4.78, 5) is 21.5. The number of nitrogens with one attached hydrogen (secondary N) is 4. The van der Waals surface area contributed by atoms with Crippen LogP contribution in [-0.4, -0.2) is 48.3 Å². The largest absolute Gasteiger partial charge is 0.349 e. The molecule has 4 N–H and O–H groups in total. The smallest absolute Gasteiger partial charge is 0.251 e. The number of para-hydroxylation sites is 1. The standard InChI is InChI=1S/C25H30ClN6O2P/c1-16-14-17(24(33)29-18-10-12-27-13-11-18)8-9-20(16)31-25-28-15-19(26)23(32-25)30-21-6-4-5-7-22(21)35(2,3)34/h4-9,14-15,18,27H,10-13H2,1-3H3,(H,29,33)(H2,28,30,31,32). The van der Waals surface area contributed by atoms with Gasteiger partial charge in [-0.05, 0) is 82.1 Å². The summed E-state index contributed by atoms with van der Waals surface area (Å²) in [5.74, 6) is 0.685. The van der Waals surface area contributed by atoms with Gasteiger partial charge >= 0.3 is 0 Å². The number of carbonyl (C=O) groups is 1. The summed E-state index contributed by atoms with van der Waals surface area (Å²) in [6.07, 6.45) is 3.38. The molecule has 1 amide bonds. The van der Waals surface area contributed by atoms with Crippen molar-refractivity contribution in [2.45, 2.75) is 25.8 Å². The van der Waals surface area contributed by atoms with E-state index in [-0.39, 0.29) is 11.9 Å². The Bertz CT molecular complexity index is 1270. The molecule has 0 aliphatic carbocycles. The lowest BCUT2D eigenvalue weighted by atomic mass is 10.0. The van der Waals surface area contributed by atoms with Crippen LogP contribution in [-0.2, 0) is 4.57 Å². The van der Waals surface area contributed by atoms with Gasteiger partial charge in [0.15, 0.2) is 5.82 Å². The minimum absolute atomic E-state index is 0.0661. The lowest BCUT2D eigenvalue weighted by Gasteiger charge is -2.23. The molecule has 8 nitrogen and oxygen atoms in total. The quantitative estimate of drug-likeness (QED) is 0.341. The minimum atomic E-state index is -2.51. The summed E-state index contributed by atoms with van der Waals surface area (Å²) in [6, 6.07) is 13.1. The number of piperidine rings is 1. The van der Waals surface area contributed by atoms with Gasteiger partial charge in [-0.25, -0.2) is 4.98 Å². The summed E-state index contributed by atoms with van der Waals surface area (Å²) >= 11 is 6.35. The van der Waals surface area contributed by atoms with E-state index in [1.54, 1.807) is 19.4 Å². The van der Waals surface area contributed by atoms with E-state index in [0.717, 1.165) is 42.5 Å². The van der Waals surface area contributed by atoms with E-state index in [4.69, 9.17) is 11.6 Å². The number of hydrogen-bond acceptors (Lipinski definition) is 7. The monoisotopic (exact) mass is 512 g/mol. The van der Waals surface area contributed by atoms with Gasteiger partial charge in [-0.2, -0.15) is 4.98 Å². The molecular formula is C25H30ClN6O2P. The second-order valence-corrected chi connectivity index (χ2v) is 12.6. The van der Waals surface area contributed by atoms with E-state index in [2.05, 4.69) is 31.2 Å². The summed E-state index contributed by atoms with van der Waals surface area (Å²) in [7, 11) is -2.51. The zero-order valence-corrected chi connectivity index (χ0v) is 21.7. The second-order valence-electron chi connectivity index (χ2n) is 9.04. The maximum atomic E-state index is 12.7. The first-order chi connectivity index (χ1) is 16.7. The predicted molar refractivity (Wildman–Crippen MR) is 144 cm³/mol. The third-order valence-electron chi connectivity index (χ3n) is 5.89. The fraction of sp³-hybridized carbons (Fsp3) is 0.320. The molecular weight excluding hydrogens is 483 g/mol. The number of rotatable bonds is 7. The number of nitrogens with zero attached hydrogens (tertiary/aromatic N) is 2. The molecule has 35 heavy (non-hydrogen) atoms. The Morgan fingerprint density at radius 3 is 2.54 bits per heavy atom.